The first-order chi connectivity index (χ1) is 8.70. The Hall–Kier alpha value is -1.88. The van der Waals surface area contributed by atoms with Crippen molar-refractivity contribution in [3.05, 3.63) is 46.4 Å². The molecule has 2 aromatic rings. The molecule has 1 N–H and O–H groups in total. The van der Waals surface area contributed by atoms with Crippen LogP contribution in [0.2, 0.25) is 0 Å². The van der Waals surface area contributed by atoms with Crippen LogP contribution in [0.25, 0.3) is 0 Å². The summed E-state index contributed by atoms with van der Waals surface area (Å²) in [5.41, 5.74) is 1.02. The summed E-state index contributed by atoms with van der Waals surface area (Å²) in [6.07, 6.45) is 1.61. The molecule has 18 heavy (non-hydrogen) atoms. The fraction of sp³-hybridized carbons (Fsp3) is 0.231. The van der Waals surface area contributed by atoms with Crippen LogP contribution in [0.15, 0.2) is 35.8 Å². The topological polar surface area (TPSA) is 53.4 Å². The van der Waals surface area contributed by atoms with E-state index in [4.69, 9.17) is 5.11 Å². The molecule has 0 aromatic carbocycles. The van der Waals surface area contributed by atoms with Gasteiger partial charge in [0.1, 0.15) is 5.69 Å². The summed E-state index contributed by atoms with van der Waals surface area (Å²) >= 11 is 1.71. The highest BCUT2D eigenvalue weighted by atomic mass is 32.1. The summed E-state index contributed by atoms with van der Waals surface area (Å²) in [4.78, 5) is 18.1. The maximum atomic E-state index is 10.7. The van der Waals surface area contributed by atoms with Crippen LogP contribution in [0.4, 0.5) is 5.69 Å². The Kier molecular flexibility index (Phi) is 3.94. The van der Waals surface area contributed by atoms with Crippen molar-refractivity contribution in [1.29, 1.82) is 0 Å². The Balaban J connectivity index is 2.14. The van der Waals surface area contributed by atoms with Crippen molar-refractivity contribution < 1.29 is 9.90 Å². The molecular weight excluding hydrogens is 248 g/mol. The normalized spacial score (nSPS) is 10.3. The van der Waals surface area contributed by atoms with E-state index >= 15 is 0 Å². The second kappa shape index (κ2) is 5.64. The van der Waals surface area contributed by atoms with Gasteiger partial charge in [0.05, 0.1) is 18.4 Å². The minimum absolute atomic E-state index is 0.0749. The van der Waals surface area contributed by atoms with Gasteiger partial charge < -0.3 is 10.0 Å². The van der Waals surface area contributed by atoms with Crippen LogP contribution < -0.4 is 4.90 Å². The monoisotopic (exact) mass is 262 g/mol. The molecule has 4 nitrogen and oxygen atoms in total. The number of aromatic nitrogens is 1. The minimum atomic E-state index is -0.997. The van der Waals surface area contributed by atoms with Crippen LogP contribution in [0.3, 0.4) is 0 Å². The van der Waals surface area contributed by atoms with Crippen LogP contribution in [0.1, 0.15) is 22.3 Å². The van der Waals surface area contributed by atoms with Crippen molar-refractivity contribution >= 4 is 23.0 Å². The molecule has 0 aliphatic carbocycles. The Morgan fingerprint density at radius 2 is 2.28 bits per heavy atom. The largest absolute Gasteiger partial charge is 0.477 e. The number of hydrogen-bond acceptors (Lipinski definition) is 4. The molecular formula is C13H14N2O2S. The zero-order valence-corrected chi connectivity index (χ0v) is 10.9. The number of carbonyl (C=O) groups is 1. The van der Waals surface area contributed by atoms with Crippen LogP contribution in [-0.2, 0) is 6.54 Å². The van der Waals surface area contributed by atoms with Gasteiger partial charge in [0.25, 0.3) is 0 Å². The standard InChI is InChI=1S/C13H14N2O2S/c1-2-15(9-11-4-3-7-18-11)10-5-6-12(13(16)17)14-8-10/h3-8H,2,9H2,1H3,(H,16,17). The Morgan fingerprint density at radius 3 is 2.78 bits per heavy atom. The lowest BCUT2D eigenvalue weighted by atomic mass is 10.3. The third-order valence-electron chi connectivity index (χ3n) is 2.64. The van der Waals surface area contributed by atoms with Gasteiger partial charge >= 0.3 is 5.97 Å². The van der Waals surface area contributed by atoms with Gasteiger partial charge in [-0.15, -0.1) is 11.3 Å². The van der Waals surface area contributed by atoms with Gasteiger partial charge in [0.15, 0.2) is 0 Å². The van der Waals surface area contributed by atoms with Crippen LogP contribution >= 0.6 is 11.3 Å². The molecule has 0 unspecified atom stereocenters. The summed E-state index contributed by atoms with van der Waals surface area (Å²) in [5, 5.41) is 10.9. The molecule has 2 rings (SSSR count). The summed E-state index contributed by atoms with van der Waals surface area (Å²) in [7, 11) is 0. The van der Waals surface area contributed by atoms with E-state index in [9.17, 15) is 4.79 Å². The van der Waals surface area contributed by atoms with Crippen molar-refractivity contribution in [2.24, 2.45) is 0 Å². The van der Waals surface area contributed by atoms with E-state index in [1.165, 1.54) is 10.9 Å². The predicted octanol–water partition coefficient (Wildman–Crippen LogP) is 2.87. The van der Waals surface area contributed by atoms with Gasteiger partial charge in [-0.2, -0.15) is 0 Å². The zero-order valence-electron chi connectivity index (χ0n) is 10.0. The quantitative estimate of drug-likeness (QED) is 0.900. The molecule has 0 atom stereocenters. The third kappa shape index (κ3) is 2.87. The first kappa shape index (κ1) is 12.6. The number of rotatable bonds is 5. The molecule has 0 aliphatic heterocycles. The summed E-state index contributed by atoms with van der Waals surface area (Å²) < 4.78 is 0. The first-order valence-corrected chi connectivity index (χ1v) is 6.55. The van der Waals surface area contributed by atoms with E-state index in [0.29, 0.717) is 0 Å². The number of nitrogens with zero attached hydrogens (tertiary/aromatic N) is 2. The summed E-state index contributed by atoms with van der Waals surface area (Å²) in [6, 6.07) is 7.45. The maximum absolute atomic E-state index is 10.7. The number of aromatic carboxylic acids is 1. The molecule has 0 saturated carbocycles. The SMILES string of the molecule is CCN(Cc1cccs1)c1ccc(C(=O)O)nc1. The molecule has 2 aromatic heterocycles. The van der Waals surface area contributed by atoms with E-state index in [-0.39, 0.29) is 5.69 Å². The van der Waals surface area contributed by atoms with Crippen molar-refractivity contribution in [2.45, 2.75) is 13.5 Å². The van der Waals surface area contributed by atoms with E-state index in [1.54, 1.807) is 23.6 Å². The number of anilines is 1. The highest BCUT2D eigenvalue weighted by Crippen LogP contribution is 2.18. The Bertz CT molecular complexity index is 508. The molecule has 0 aliphatic rings. The number of thiophene rings is 1. The minimum Gasteiger partial charge on any atom is -0.477 e. The van der Waals surface area contributed by atoms with Crippen molar-refractivity contribution in [2.75, 3.05) is 11.4 Å². The fourth-order valence-electron chi connectivity index (χ4n) is 1.68. The van der Waals surface area contributed by atoms with Gasteiger partial charge in [-0.25, -0.2) is 9.78 Å². The second-order valence-electron chi connectivity index (χ2n) is 3.80. The average molecular weight is 262 g/mol. The molecule has 0 fully saturated rings. The maximum Gasteiger partial charge on any atom is 0.354 e. The lowest BCUT2D eigenvalue weighted by Gasteiger charge is -2.21. The van der Waals surface area contributed by atoms with Gasteiger partial charge in [-0.05, 0) is 30.5 Å². The third-order valence-corrected chi connectivity index (χ3v) is 3.50. The smallest absolute Gasteiger partial charge is 0.354 e. The fourth-order valence-corrected chi connectivity index (χ4v) is 2.40. The number of carboxylic acid groups (broad SMARTS) is 1. The Labute approximate surface area is 110 Å². The second-order valence-corrected chi connectivity index (χ2v) is 4.83. The lowest BCUT2D eigenvalue weighted by Crippen LogP contribution is -2.21. The lowest BCUT2D eigenvalue weighted by molar-refractivity contribution is 0.0690. The first-order valence-electron chi connectivity index (χ1n) is 5.67. The summed E-state index contributed by atoms with van der Waals surface area (Å²) in [6.45, 7) is 3.74. The van der Waals surface area contributed by atoms with E-state index in [2.05, 4.69) is 28.3 Å². The van der Waals surface area contributed by atoms with E-state index < -0.39 is 5.97 Å². The number of pyridine rings is 1. The highest BCUT2D eigenvalue weighted by molar-refractivity contribution is 7.09. The van der Waals surface area contributed by atoms with E-state index in [1.807, 2.05) is 6.07 Å². The van der Waals surface area contributed by atoms with Crippen molar-refractivity contribution in [1.82, 2.24) is 4.98 Å². The summed E-state index contributed by atoms with van der Waals surface area (Å²) in [5.74, 6) is -0.997. The van der Waals surface area contributed by atoms with Crippen LogP contribution in [0, 0.1) is 0 Å². The molecule has 0 radical (unpaired) electrons. The predicted molar refractivity (Wildman–Crippen MR) is 72.2 cm³/mol. The molecule has 0 amide bonds. The van der Waals surface area contributed by atoms with Gasteiger partial charge in [0, 0.05) is 11.4 Å². The van der Waals surface area contributed by atoms with Gasteiger partial charge in [-0.1, -0.05) is 6.07 Å². The Morgan fingerprint density at radius 1 is 1.44 bits per heavy atom. The molecule has 5 heteroatoms. The van der Waals surface area contributed by atoms with Crippen LogP contribution in [-0.4, -0.2) is 22.6 Å². The molecule has 0 saturated heterocycles. The van der Waals surface area contributed by atoms with Gasteiger partial charge in [0.2, 0.25) is 0 Å². The van der Waals surface area contributed by atoms with Gasteiger partial charge in [-0.3, -0.25) is 0 Å². The number of hydrogen-bond donors (Lipinski definition) is 1. The molecule has 2 heterocycles. The number of carboxylic acids is 1. The molecule has 94 valence electrons. The van der Waals surface area contributed by atoms with E-state index in [0.717, 1.165) is 18.8 Å². The zero-order chi connectivity index (χ0) is 13.0. The van der Waals surface area contributed by atoms with Crippen molar-refractivity contribution in [3.63, 3.8) is 0 Å². The molecule has 0 spiro atoms. The van der Waals surface area contributed by atoms with Crippen LogP contribution in [0.5, 0.6) is 0 Å². The average Bonchev–Trinajstić information content (AvgIpc) is 2.89. The molecule has 0 bridgehead atoms. The highest BCUT2D eigenvalue weighted by Gasteiger charge is 2.08. The van der Waals surface area contributed by atoms with Crippen molar-refractivity contribution in [3.8, 4) is 0 Å².